The lowest BCUT2D eigenvalue weighted by atomic mass is 9.89. The SMILES string of the molecule is CC(O)(C(N)=O)C1OC(=O)N(F)C1c1ccc(N2CCOCC2)cc1. The largest absolute Gasteiger partial charge is 0.439 e. The molecule has 2 saturated heterocycles. The first-order valence-corrected chi connectivity index (χ1v) is 7.93. The van der Waals surface area contributed by atoms with Crippen molar-refractivity contribution in [1.29, 1.82) is 0 Å². The van der Waals surface area contributed by atoms with Gasteiger partial charge in [-0.05, 0) is 24.6 Å². The number of ether oxygens (including phenoxy) is 2. The average molecular weight is 353 g/mol. The normalized spacial score (nSPS) is 26.3. The number of cyclic esters (lactones) is 1. The molecule has 0 spiro atoms. The van der Waals surface area contributed by atoms with E-state index in [0.717, 1.165) is 25.7 Å². The molecule has 0 aromatic heterocycles. The summed E-state index contributed by atoms with van der Waals surface area (Å²) in [5.74, 6) is -1.10. The summed E-state index contributed by atoms with van der Waals surface area (Å²) in [6, 6.07) is 5.57. The Morgan fingerprint density at radius 1 is 1.32 bits per heavy atom. The minimum absolute atomic E-state index is 0.133. The van der Waals surface area contributed by atoms with Crippen LogP contribution in [0.15, 0.2) is 24.3 Å². The second-order valence-corrected chi connectivity index (χ2v) is 6.26. The van der Waals surface area contributed by atoms with Gasteiger partial charge >= 0.3 is 6.09 Å². The zero-order valence-corrected chi connectivity index (χ0v) is 13.7. The number of nitrogens with two attached hydrogens (primary N) is 1. The van der Waals surface area contributed by atoms with Gasteiger partial charge in [0.2, 0.25) is 0 Å². The van der Waals surface area contributed by atoms with E-state index >= 15 is 0 Å². The van der Waals surface area contributed by atoms with Gasteiger partial charge in [-0.1, -0.05) is 16.6 Å². The van der Waals surface area contributed by atoms with Crippen molar-refractivity contribution in [1.82, 2.24) is 5.12 Å². The van der Waals surface area contributed by atoms with Crippen LogP contribution in [-0.2, 0) is 14.3 Å². The number of primary amides is 1. The number of nitrogens with zero attached hydrogens (tertiary/aromatic N) is 2. The van der Waals surface area contributed by atoms with Crippen LogP contribution in [0.3, 0.4) is 0 Å². The Bertz CT molecular complexity index is 660. The minimum atomic E-state index is -2.20. The van der Waals surface area contributed by atoms with E-state index in [9.17, 15) is 19.2 Å². The molecule has 2 amide bonds. The highest BCUT2D eigenvalue weighted by Gasteiger charge is 2.55. The van der Waals surface area contributed by atoms with E-state index in [-0.39, 0.29) is 5.12 Å². The predicted molar refractivity (Wildman–Crippen MR) is 85.2 cm³/mol. The van der Waals surface area contributed by atoms with E-state index in [2.05, 4.69) is 4.90 Å². The van der Waals surface area contributed by atoms with Crippen LogP contribution in [-0.4, -0.2) is 60.2 Å². The zero-order chi connectivity index (χ0) is 18.2. The standard InChI is InChI=1S/C16H20FN3O5/c1-16(23,14(18)21)13-12(20(17)15(22)25-13)10-2-4-11(5-3-10)19-6-8-24-9-7-19/h2-5,12-13,23H,6-9H2,1H3,(H2,18,21). The molecule has 2 fully saturated rings. The Morgan fingerprint density at radius 2 is 1.92 bits per heavy atom. The number of hydrogen-bond donors (Lipinski definition) is 2. The van der Waals surface area contributed by atoms with Gasteiger partial charge in [0.25, 0.3) is 5.91 Å². The topological polar surface area (TPSA) is 105 Å². The van der Waals surface area contributed by atoms with Gasteiger partial charge in [-0.25, -0.2) is 4.79 Å². The molecule has 3 N–H and O–H groups in total. The molecule has 0 aliphatic carbocycles. The number of carbonyl (C=O) groups excluding carboxylic acids is 2. The summed E-state index contributed by atoms with van der Waals surface area (Å²) >= 11 is 0. The van der Waals surface area contributed by atoms with Crippen molar-refractivity contribution >= 4 is 17.7 Å². The Morgan fingerprint density at radius 3 is 2.48 bits per heavy atom. The molecule has 1 aromatic carbocycles. The average Bonchev–Trinajstić information content (AvgIpc) is 2.91. The maximum absolute atomic E-state index is 14.2. The number of anilines is 1. The molecule has 2 heterocycles. The molecule has 3 rings (SSSR count). The number of benzene rings is 1. The number of amides is 2. The first-order chi connectivity index (χ1) is 11.8. The predicted octanol–water partition coefficient (Wildman–Crippen LogP) is 0.506. The number of rotatable bonds is 4. The fourth-order valence-electron chi connectivity index (χ4n) is 3.03. The molecule has 25 heavy (non-hydrogen) atoms. The summed E-state index contributed by atoms with van der Waals surface area (Å²) in [4.78, 5) is 25.2. The van der Waals surface area contributed by atoms with Crippen LogP contribution in [0, 0.1) is 0 Å². The molecule has 0 saturated carbocycles. The lowest BCUT2D eigenvalue weighted by Gasteiger charge is -2.30. The molecule has 0 radical (unpaired) electrons. The Kier molecular flexibility index (Phi) is 4.53. The summed E-state index contributed by atoms with van der Waals surface area (Å²) in [7, 11) is 0. The second-order valence-electron chi connectivity index (χ2n) is 6.26. The number of morpholine rings is 1. The van der Waals surface area contributed by atoms with Gasteiger partial charge < -0.3 is 25.2 Å². The van der Waals surface area contributed by atoms with Gasteiger partial charge in [-0.2, -0.15) is 0 Å². The molecule has 3 atom stereocenters. The van der Waals surface area contributed by atoms with Crippen LogP contribution >= 0.6 is 0 Å². The van der Waals surface area contributed by atoms with Crippen molar-refractivity contribution in [2.24, 2.45) is 5.73 Å². The van der Waals surface area contributed by atoms with E-state index in [1.54, 1.807) is 24.3 Å². The van der Waals surface area contributed by atoms with Gasteiger partial charge in [-0.15, -0.1) is 5.12 Å². The van der Waals surface area contributed by atoms with Crippen LogP contribution in [0.1, 0.15) is 18.5 Å². The Hall–Kier alpha value is -2.39. The third kappa shape index (κ3) is 3.12. The first-order valence-electron chi connectivity index (χ1n) is 7.93. The van der Waals surface area contributed by atoms with Gasteiger partial charge in [0.1, 0.15) is 6.04 Å². The lowest BCUT2D eigenvalue weighted by molar-refractivity contribution is -0.146. The van der Waals surface area contributed by atoms with E-state index in [0.29, 0.717) is 18.8 Å². The molecule has 136 valence electrons. The summed E-state index contributed by atoms with van der Waals surface area (Å²) in [5.41, 5.74) is 4.28. The van der Waals surface area contributed by atoms with Crippen LogP contribution in [0.25, 0.3) is 0 Å². The Labute approximate surface area is 143 Å². The van der Waals surface area contributed by atoms with Crippen molar-refractivity contribution in [2.45, 2.75) is 24.7 Å². The van der Waals surface area contributed by atoms with Crippen LogP contribution < -0.4 is 10.6 Å². The molecular formula is C16H20FN3O5. The number of carbonyl (C=O) groups is 2. The van der Waals surface area contributed by atoms with Crippen LogP contribution in [0.4, 0.5) is 15.0 Å². The van der Waals surface area contributed by atoms with Gasteiger partial charge in [0, 0.05) is 18.8 Å². The van der Waals surface area contributed by atoms with Crippen molar-refractivity contribution in [3.63, 3.8) is 0 Å². The summed E-state index contributed by atoms with van der Waals surface area (Å²) in [6.07, 6.45) is -2.72. The molecule has 2 aliphatic rings. The number of halogens is 1. The van der Waals surface area contributed by atoms with Gasteiger partial charge in [0.15, 0.2) is 11.7 Å². The molecular weight excluding hydrogens is 333 g/mol. The van der Waals surface area contributed by atoms with Crippen molar-refractivity contribution in [3.8, 4) is 0 Å². The van der Waals surface area contributed by atoms with Gasteiger partial charge in [0.05, 0.1) is 13.2 Å². The first kappa shape index (κ1) is 17.4. The monoisotopic (exact) mass is 353 g/mol. The molecule has 0 bridgehead atoms. The maximum Gasteiger partial charge on any atom is 0.439 e. The fourth-order valence-corrected chi connectivity index (χ4v) is 3.03. The zero-order valence-electron chi connectivity index (χ0n) is 13.7. The van der Waals surface area contributed by atoms with Crippen LogP contribution in [0.2, 0.25) is 0 Å². The maximum atomic E-state index is 14.2. The van der Waals surface area contributed by atoms with E-state index < -0.39 is 29.7 Å². The molecule has 8 nitrogen and oxygen atoms in total. The smallest absolute Gasteiger partial charge is 0.438 e. The highest BCUT2D eigenvalue weighted by atomic mass is 19.2. The second kappa shape index (κ2) is 6.49. The number of hydrogen-bond acceptors (Lipinski definition) is 6. The molecule has 1 aromatic rings. The number of aliphatic hydroxyl groups is 1. The van der Waals surface area contributed by atoms with E-state index in [1.165, 1.54) is 0 Å². The Balaban J connectivity index is 1.87. The van der Waals surface area contributed by atoms with Crippen molar-refractivity contribution in [3.05, 3.63) is 29.8 Å². The third-order valence-electron chi connectivity index (χ3n) is 4.60. The third-order valence-corrected chi connectivity index (χ3v) is 4.60. The lowest BCUT2D eigenvalue weighted by Crippen LogP contribution is -2.53. The molecule has 2 aliphatic heterocycles. The van der Waals surface area contributed by atoms with Crippen LogP contribution in [0.5, 0.6) is 0 Å². The fraction of sp³-hybridized carbons (Fsp3) is 0.500. The molecule has 9 heteroatoms. The quantitative estimate of drug-likeness (QED) is 0.764. The summed E-state index contributed by atoms with van der Waals surface area (Å²) in [6.45, 7) is 3.86. The van der Waals surface area contributed by atoms with Crippen molar-refractivity contribution in [2.75, 3.05) is 31.2 Å². The van der Waals surface area contributed by atoms with E-state index in [4.69, 9.17) is 15.2 Å². The molecule has 3 unspecified atom stereocenters. The highest BCUT2D eigenvalue weighted by Crippen LogP contribution is 2.39. The van der Waals surface area contributed by atoms with E-state index in [1.807, 2.05) is 0 Å². The summed E-state index contributed by atoms with van der Waals surface area (Å²) in [5, 5.41) is 10.1. The highest BCUT2D eigenvalue weighted by molar-refractivity contribution is 5.85. The summed E-state index contributed by atoms with van der Waals surface area (Å²) < 4.78 is 24.4. The van der Waals surface area contributed by atoms with Gasteiger partial charge in [-0.3, -0.25) is 4.79 Å². The van der Waals surface area contributed by atoms with Crippen molar-refractivity contribution < 1.29 is 28.7 Å². The minimum Gasteiger partial charge on any atom is -0.438 e.